The van der Waals surface area contributed by atoms with E-state index >= 15 is 0 Å². The third kappa shape index (κ3) is 4.70. The van der Waals surface area contributed by atoms with Gasteiger partial charge in [-0.25, -0.2) is 5.53 Å². The molecule has 0 saturated carbocycles. The van der Waals surface area contributed by atoms with Gasteiger partial charge in [0.2, 0.25) is 17.6 Å². The van der Waals surface area contributed by atoms with Gasteiger partial charge in [-0.15, -0.1) is 5.11 Å². The van der Waals surface area contributed by atoms with Crippen LogP contribution in [0.15, 0.2) is 58.8 Å². The highest BCUT2D eigenvalue weighted by atomic mass is 16.5. The highest BCUT2D eigenvalue weighted by Crippen LogP contribution is 2.38. The quantitative estimate of drug-likeness (QED) is 0.413. The van der Waals surface area contributed by atoms with Crippen LogP contribution < -0.4 is 15.8 Å². The van der Waals surface area contributed by atoms with Gasteiger partial charge in [0.1, 0.15) is 11.4 Å². The van der Waals surface area contributed by atoms with Crippen LogP contribution in [0.4, 0.5) is 23.1 Å². The fraction of sp³-hybridized carbons (Fsp3) is 0.167. The zero-order valence-corrected chi connectivity index (χ0v) is 18.2. The lowest BCUT2D eigenvalue weighted by atomic mass is 9.92. The van der Waals surface area contributed by atoms with Crippen molar-refractivity contribution in [2.75, 3.05) is 11.1 Å². The third-order valence-electron chi connectivity index (χ3n) is 5.25. The molecule has 3 aromatic rings. The number of hydrogen-bond acceptors (Lipinski definition) is 9. The number of aryl methyl sites for hydroxylation is 2. The van der Waals surface area contributed by atoms with E-state index in [4.69, 9.17) is 21.3 Å². The first-order valence-electron chi connectivity index (χ1n) is 10.3. The Bertz CT molecular complexity index is 1280. The van der Waals surface area contributed by atoms with E-state index in [2.05, 4.69) is 49.7 Å². The maximum Gasteiger partial charge on any atom is 0.250 e. The molecule has 9 nitrogen and oxygen atoms in total. The van der Waals surface area contributed by atoms with Gasteiger partial charge < -0.3 is 15.8 Å². The van der Waals surface area contributed by atoms with Crippen LogP contribution in [0.5, 0.6) is 11.6 Å². The number of nitriles is 1. The topological polar surface area (TPSA) is 145 Å². The summed E-state index contributed by atoms with van der Waals surface area (Å²) in [6.07, 6.45) is 6.67. The Hall–Kier alpha value is -4.58. The van der Waals surface area contributed by atoms with E-state index in [-0.39, 0.29) is 29.3 Å². The molecule has 2 aromatic carbocycles. The van der Waals surface area contributed by atoms with Crippen molar-refractivity contribution < 1.29 is 4.74 Å². The molecule has 4 N–H and O–H groups in total. The number of nitrogen functional groups attached to an aromatic ring is 1. The van der Waals surface area contributed by atoms with Crippen molar-refractivity contribution in [3.8, 4) is 17.7 Å². The van der Waals surface area contributed by atoms with Gasteiger partial charge in [-0.05, 0) is 61.2 Å². The van der Waals surface area contributed by atoms with Gasteiger partial charge in [0.05, 0.1) is 11.6 Å². The van der Waals surface area contributed by atoms with Crippen molar-refractivity contribution in [1.29, 1.82) is 10.8 Å². The fourth-order valence-electron chi connectivity index (χ4n) is 3.58. The number of aliphatic imine (C=N–C) groups is 1. The van der Waals surface area contributed by atoms with Crippen LogP contribution in [0, 0.1) is 30.7 Å². The Kier molecular flexibility index (Phi) is 6.09. The lowest BCUT2D eigenvalue weighted by molar-refractivity contribution is 0.458. The van der Waals surface area contributed by atoms with Crippen LogP contribution in [0.1, 0.15) is 34.6 Å². The molecular weight excluding hydrogens is 416 g/mol. The predicted octanol–water partition coefficient (Wildman–Crippen LogP) is 5.82. The summed E-state index contributed by atoms with van der Waals surface area (Å²) in [5, 5.41) is 15.4. The first-order chi connectivity index (χ1) is 16.0. The molecule has 0 fully saturated rings. The number of nitrogens with one attached hydrogen (secondary N) is 2. The molecule has 1 aromatic heterocycles. The average molecular weight is 438 g/mol. The Labute approximate surface area is 191 Å². The number of benzene rings is 2. The summed E-state index contributed by atoms with van der Waals surface area (Å²) >= 11 is 0. The maximum atomic E-state index is 8.96. The molecule has 0 aliphatic carbocycles. The fourth-order valence-corrected chi connectivity index (χ4v) is 3.58. The minimum absolute atomic E-state index is 0.00491. The standard InChI is InChI=1S/C24H22N8O/c1-14-11-18(17-7-9-28-10-8-17)12-15(2)21(14)33-23-20(26)22(32-27)30-24(31-23)29-19-5-3-16(13-25)4-6-19/h3-7,9-12,17,27H,8,26H2,1-2H3,(H,29,30,31). The molecule has 1 unspecified atom stereocenters. The number of anilines is 3. The van der Waals surface area contributed by atoms with Crippen molar-refractivity contribution in [2.24, 2.45) is 10.1 Å². The van der Waals surface area contributed by atoms with Gasteiger partial charge in [0, 0.05) is 24.0 Å². The number of allylic oxidation sites excluding steroid dienone is 1. The van der Waals surface area contributed by atoms with Gasteiger partial charge in [-0.2, -0.15) is 15.2 Å². The minimum Gasteiger partial charge on any atom is -0.436 e. The van der Waals surface area contributed by atoms with Gasteiger partial charge in [0.25, 0.3) is 0 Å². The minimum atomic E-state index is -0.00491. The lowest BCUT2D eigenvalue weighted by Crippen LogP contribution is -2.05. The summed E-state index contributed by atoms with van der Waals surface area (Å²) < 4.78 is 6.12. The maximum absolute atomic E-state index is 8.96. The summed E-state index contributed by atoms with van der Waals surface area (Å²) in [5.74, 6) is 1.19. The molecule has 2 heterocycles. The third-order valence-corrected chi connectivity index (χ3v) is 5.25. The van der Waals surface area contributed by atoms with E-state index in [9.17, 15) is 0 Å². The van der Waals surface area contributed by atoms with E-state index in [0.717, 1.165) is 17.5 Å². The highest BCUT2D eigenvalue weighted by Gasteiger charge is 2.18. The van der Waals surface area contributed by atoms with E-state index < -0.39 is 0 Å². The molecule has 1 aliphatic rings. The number of nitrogens with two attached hydrogens (primary N) is 1. The number of ether oxygens (including phenoxy) is 1. The molecule has 0 spiro atoms. The van der Waals surface area contributed by atoms with E-state index in [1.165, 1.54) is 5.56 Å². The van der Waals surface area contributed by atoms with Crippen LogP contribution in [-0.4, -0.2) is 16.2 Å². The molecule has 0 bridgehead atoms. The summed E-state index contributed by atoms with van der Waals surface area (Å²) in [4.78, 5) is 12.7. The molecule has 164 valence electrons. The molecule has 0 saturated heterocycles. The van der Waals surface area contributed by atoms with Crippen molar-refractivity contribution >= 4 is 29.4 Å². The van der Waals surface area contributed by atoms with Crippen LogP contribution in [0.2, 0.25) is 0 Å². The number of aromatic nitrogens is 2. The second-order valence-corrected chi connectivity index (χ2v) is 7.62. The largest absolute Gasteiger partial charge is 0.436 e. The molecular formula is C24H22N8O. The van der Waals surface area contributed by atoms with Crippen molar-refractivity contribution in [3.05, 3.63) is 70.9 Å². The Morgan fingerprint density at radius 1 is 1.18 bits per heavy atom. The number of hydrogen-bond donors (Lipinski definition) is 3. The van der Waals surface area contributed by atoms with Crippen molar-refractivity contribution in [3.63, 3.8) is 0 Å². The van der Waals surface area contributed by atoms with Gasteiger partial charge in [-0.3, -0.25) is 4.99 Å². The SMILES string of the molecule is Cc1cc(C2C=CN=CC2)cc(C)c1Oc1nc(Nc2ccc(C#N)cc2)nc(N=N)c1N. The Morgan fingerprint density at radius 3 is 2.52 bits per heavy atom. The summed E-state index contributed by atoms with van der Waals surface area (Å²) in [5.41, 5.74) is 17.9. The van der Waals surface area contributed by atoms with Crippen LogP contribution in [-0.2, 0) is 0 Å². The van der Waals surface area contributed by atoms with Crippen LogP contribution in [0.3, 0.4) is 0 Å². The van der Waals surface area contributed by atoms with Gasteiger partial charge >= 0.3 is 0 Å². The molecule has 1 atom stereocenters. The second kappa shape index (κ2) is 9.28. The van der Waals surface area contributed by atoms with Crippen molar-refractivity contribution in [1.82, 2.24) is 9.97 Å². The predicted molar refractivity (Wildman–Crippen MR) is 127 cm³/mol. The molecule has 9 heteroatoms. The molecule has 0 radical (unpaired) electrons. The van der Waals surface area contributed by atoms with Crippen LogP contribution in [0.25, 0.3) is 0 Å². The zero-order chi connectivity index (χ0) is 23.4. The summed E-state index contributed by atoms with van der Waals surface area (Å²) in [7, 11) is 0. The molecule has 4 rings (SSSR count). The van der Waals surface area contributed by atoms with E-state index in [0.29, 0.717) is 17.0 Å². The molecule has 0 amide bonds. The zero-order valence-electron chi connectivity index (χ0n) is 18.2. The summed E-state index contributed by atoms with van der Waals surface area (Å²) in [6.45, 7) is 3.94. The van der Waals surface area contributed by atoms with Gasteiger partial charge in [0.15, 0.2) is 0 Å². The highest BCUT2D eigenvalue weighted by molar-refractivity contribution is 5.68. The Morgan fingerprint density at radius 2 is 1.91 bits per heavy atom. The molecule has 33 heavy (non-hydrogen) atoms. The second-order valence-electron chi connectivity index (χ2n) is 7.62. The monoisotopic (exact) mass is 438 g/mol. The first-order valence-corrected chi connectivity index (χ1v) is 10.3. The Balaban J connectivity index is 1.65. The molecule has 1 aliphatic heterocycles. The summed E-state index contributed by atoms with van der Waals surface area (Å²) in [6, 6.07) is 13.0. The average Bonchev–Trinajstić information content (AvgIpc) is 2.84. The lowest BCUT2D eigenvalue weighted by Gasteiger charge is -2.18. The van der Waals surface area contributed by atoms with E-state index in [1.54, 1.807) is 24.3 Å². The van der Waals surface area contributed by atoms with E-state index in [1.807, 2.05) is 26.3 Å². The number of nitrogens with zero attached hydrogens (tertiary/aromatic N) is 5. The van der Waals surface area contributed by atoms with Gasteiger partial charge in [-0.1, -0.05) is 18.2 Å². The normalized spacial score (nSPS) is 14.5. The van der Waals surface area contributed by atoms with Crippen LogP contribution >= 0.6 is 0 Å². The first kappa shape index (κ1) is 21.6. The van der Waals surface area contributed by atoms with Crippen molar-refractivity contribution in [2.45, 2.75) is 26.2 Å². The smallest absolute Gasteiger partial charge is 0.250 e. The number of rotatable bonds is 6.